The molecule has 0 amide bonds. The van der Waals surface area contributed by atoms with Gasteiger partial charge in [0.15, 0.2) is 0 Å². The highest BCUT2D eigenvalue weighted by Gasteiger charge is 2.47. The first-order chi connectivity index (χ1) is 9.86. The van der Waals surface area contributed by atoms with E-state index in [1.807, 2.05) is 19.1 Å². The van der Waals surface area contributed by atoms with Crippen LogP contribution in [0.5, 0.6) is 0 Å². The van der Waals surface area contributed by atoms with Crippen LogP contribution >= 0.6 is 0 Å². The van der Waals surface area contributed by atoms with Gasteiger partial charge in [-0.2, -0.15) is 9.40 Å². The van der Waals surface area contributed by atoms with Gasteiger partial charge in [0, 0.05) is 19.5 Å². The largest absolute Gasteiger partial charge is 0.371 e. The lowest BCUT2D eigenvalue weighted by molar-refractivity contribution is 0.0173. The fourth-order valence-electron chi connectivity index (χ4n) is 3.00. The third-order valence-electron chi connectivity index (χ3n) is 4.11. The van der Waals surface area contributed by atoms with E-state index in [1.165, 1.54) is 10.6 Å². The average molecular weight is 312 g/mol. The van der Waals surface area contributed by atoms with Crippen molar-refractivity contribution in [2.24, 2.45) is 0 Å². The van der Waals surface area contributed by atoms with Crippen LogP contribution in [0.4, 0.5) is 5.82 Å². The summed E-state index contributed by atoms with van der Waals surface area (Å²) >= 11 is 0. The fourth-order valence-corrected chi connectivity index (χ4v) is 3.89. The summed E-state index contributed by atoms with van der Waals surface area (Å²) in [6, 6.07) is 3.94. The summed E-state index contributed by atoms with van der Waals surface area (Å²) < 4.78 is 30.6. The molecule has 2 saturated heterocycles. The van der Waals surface area contributed by atoms with Gasteiger partial charge in [-0.15, -0.1) is 5.10 Å². The van der Waals surface area contributed by atoms with E-state index in [0.29, 0.717) is 19.7 Å². The van der Waals surface area contributed by atoms with Crippen molar-refractivity contribution in [3.8, 4) is 0 Å². The molecule has 1 aromatic rings. The van der Waals surface area contributed by atoms with Crippen LogP contribution in [-0.4, -0.2) is 60.5 Å². The smallest absolute Gasteiger partial charge is 0.211 e. The summed E-state index contributed by atoms with van der Waals surface area (Å²) in [5.74, 6) is 0.726. The molecule has 0 aliphatic carbocycles. The Kier molecular flexibility index (Phi) is 3.62. The summed E-state index contributed by atoms with van der Waals surface area (Å²) in [5.41, 5.74) is 0.526. The zero-order valence-electron chi connectivity index (χ0n) is 12.2. The van der Waals surface area contributed by atoms with Gasteiger partial charge in [0.25, 0.3) is 0 Å². The number of aromatic nitrogens is 2. The van der Waals surface area contributed by atoms with Gasteiger partial charge in [0.1, 0.15) is 5.82 Å². The van der Waals surface area contributed by atoms with E-state index in [1.54, 1.807) is 0 Å². The second-order valence-corrected chi connectivity index (χ2v) is 7.93. The first kappa shape index (κ1) is 14.7. The number of anilines is 1. The van der Waals surface area contributed by atoms with Crippen LogP contribution < -0.4 is 5.32 Å². The second-order valence-electron chi connectivity index (χ2n) is 5.95. The van der Waals surface area contributed by atoms with E-state index in [9.17, 15) is 8.42 Å². The fraction of sp³-hybridized carbons (Fsp3) is 0.692. The lowest BCUT2D eigenvalue weighted by atomic mass is 9.97. The highest BCUT2D eigenvalue weighted by Crippen LogP contribution is 2.36. The minimum absolute atomic E-state index is 0.140. The van der Waals surface area contributed by atoms with Gasteiger partial charge in [-0.05, 0) is 25.5 Å². The molecule has 1 N–H and O–H groups in total. The van der Waals surface area contributed by atoms with Crippen molar-refractivity contribution in [3.05, 3.63) is 17.8 Å². The summed E-state index contributed by atoms with van der Waals surface area (Å²) in [5, 5.41) is 11.4. The maximum atomic E-state index is 11.6. The van der Waals surface area contributed by atoms with Gasteiger partial charge >= 0.3 is 0 Å². The number of ether oxygens (including phenoxy) is 1. The number of rotatable bonds is 3. The molecule has 0 radical (unpaired) electrons. The quantitative estimate of drug-likeness (QED) is 0.869. The number of aryl methyl sites for hydroxylation is 1. The van der Waals surface area contributed by atoms with Crippen LogP contribution in [0.3, 0.4) is 0 Å². The van der Waals surface area contributed by atoms with Gasteiger partial charge < -0.3 is 10.1 Å². The van der Waals surface area contributed by atoms with Crippen LogP contribution in [0.25, 0.3) is 0 Å². The van der Waals surface area contributed by atoms with Crippen LogP contribution in [0.2, 0.25) is 0 Å². The van der Waals surface area contributed by atoms with Crippen molar-refractivity contribution in [2.75, 3.05) is 31.3 Å². The molecule has 8 heteroatoms. The molecule has 2 fully saturated rings. The van der Waals surface area contributed by atoms with E-state index in [2.05, 4.69) is 15.5 Å². The van der Waals surface area contributed by atoms with Crippen LogP contribution in [0.1, 0.15) is 18.5 Å². The Morgan fingerprint density at radius 2 is 2.24 bits per heavy atom. The van der Waals surface area contributed by atoms with Crippen molar-refractivity contribution >= 4 is 15.8 Å². The molecule has 7 nitrogen and oxygen atoms in total. The van der Waals surface area contributed by atoms with E-state index in [-0.39, 0.29) is 11.6 Å². The summed E-state index contributed by atoms with van der Waals surface area (Å²) in [6.07, 6.45) is 2.78. The third kappa shape index (κ3) is 3.17. The number of hydrogen-bond donors (Lipinski definition) is 1. The van der Waals surface area contributed by atoms with Crippen LogP contribution in [-0.2, 0) is 14.8 Å². The number of hydrogen-bond acceptors (Lipinski definition) is 6. The van der Waals surface area contributed by atoms with Gasteiger partial charge in [0.2, 0.25) is 10.0 Å². The maximum absolute atomic E-state index is 11.6. The summed E-state index contributed by atoms with van der Waals surface area (Å²) in [4.78, 5) is 0. The van der Waals surface area contributed by atoms with E-state index >= 15 is 0 Å². The summed E-state index contributed by atoms with van der Waals surface area (Å²) in [6.45, 7) is 3.44. The lowest BCUT2D eigenvalue weighted by Crippen LogP contribution is -2.35. The van der Waals surface area contributed by atoms with Crippen molar-refractivity contribution < 1.29 is 13.2 Å². The van der Waals surface area contributed by atoms with Crippen molar-refractivity contribution in [3.63, 3.8) is 0 Å². The Hall–Kier alpha value is -1.25. The second kappa shape index (κ2) is 5.19. The summed E-state index contributed by atoms with van der Waals surface area (Å²) in [7, 11) is -3.14. The zero-order valence-corrected chi connectivity index (χ0v) is 13.1. The Balaban J connectivity index is 1.62. The predicted octanol–water partition coefficient (Wildman–Crippen LogP) is 0.390. The molecule has 0 saturated carbocycles. The normalized spacial score (nSPS) is 30.1. The third-order valence-corrected chi connectivity index (χ3v) is 5.36. The SMILES string of the molecule is Cc1ccc(N[C@@H]2CO[C@@]3(CCN(S(C)(=O)=O)C3)C2)nn1. The zero-order chi connectivity index (χ0) is 15.1. The Bertz CT molecular complexity index is 619. The van der Waals surface area contributed by atoms with Gasteiger partial charge in [-0.25, -0.2) is 8.42 Å². The average Bonchev–Trinajstić information content (AvgIpc) is 3.00. The highest BCUT2D eigenvalue weighted by molar-refractivity contribution is 7.88. The molecular weight excluding hydrogens is 292 g/mol. The monoisotopic (exact) mass is 312 g/mol. The molecule has 21 heavy (non-hydrogen) atoms. The lowest BCUT2D eigenvalue weighted by Gasteiger charge is -2.22. The molecule has 0 aromatic carbocycles. The van der Waals surface area contributed by atoms with Crippen LogP contribution in [0, 0.1) is 6.92 Å². The molecule has 1 spiro atoms. The topological polar surface area (TPSA) is 84.4 Å². The van der Waals surface area contributed by atoms with Gasteiger partial charge in [0.05, 0.1) is 30.2 Å². The molecule has 0 unspecified atom stereocenters. The first-order valence-electron chi connectivity index (χ1n) is 7.02. The van der Waals surface area contributed by atoms with Crippen molar-refractivity contribution in [2.45, 2.75) is 31.4 Å². The minimum atomic E-state index is -3.14. The number of nitrogens with one attached hydrogen (secondary N) is 1. The molecular formula is C13H20N4O3S. The standard InChI is InChI=1S/C13H20N4O3S/c1-10-3-4-12(16-15-10)14-11-7-13(20-8-11)5-6-17(9-13)21(2,18)19/h3-4,11H,5-9H2,1-2H3,(H,14,16)/t11-,13-/m0/s1. The van der Waals surface area contributed by atoms with Crippen LogP contribution in [0.15, 0.2) is 12.1 Å². The molecule has 3 heterocycles. The molecule has 3 rings (SSSR count). The Morgan fingerprint density at radius 3 is 2.86 bits per heavy atom. The molecule has 0 bridgehead atoms. The molecule has 2 atom stereocenters. The Labute approximate surface area is 124 Å². The van der Waals surface area contributed by atoms with Crippen molar-refractivity contribution in [1.29, 1.82) is 0 Å². The van der Waals surface area contributed by atoms with E-state index in [4.69, 9.17) is 4.74 Å². The van der Waals surface area contributed by atoms with Crippen molar-refractivity contribution in [1.82, 2.24) is 14.5 Å². The number of nitrogens with zero attached hydrogens (tertiary/aromatic N) is 3. The van der Waals surface area contributed by atoms with Gasteiger partial charge in [-0.3, -0.25) is 0 Å². The Morgan fingerprint density at radius 1 is 1.43 bits per heavy atom. The van der Waals surface area contributed by atoms with Gasteiger partial charge in [-0.1, -0.05) is 0 Å². The predicted molar refractivity (Wildman–Crippen MR) is 78.5 cm³/mol. The first-order valence-corrected chi connectivity index (χ1v) is 8.87. The minimum Gasteiger partial charge on any atom is -0.371 e. The molecule has 116 valence electrons. The number of sulfonamides is 1. The molecule has 1 aromatic heterocycles. The van der Waals surface area contributed by atoms with E-state index < -0.39 is 10.0 Å². The maximum Gasteiger partial charge on any atom is 0.211 e. The van der Waals surface area contributed by atoms with E-state index in [0.717, 1.165) is 24.4 Å². The highest BCUT2D eigenvalue weighted by atomic mass is 32.2. The molecule has 2 aliphatic heterocycles. The molecule has 2 aliphatic rings.